The first-order valence-corrected chi connectivity index (χ1v) is 7.13. The van der Waals surface area contributed by atoms with Gasteiger partial charge >= 0.3 is 0 Å². The Bertz CT molecular complexity index is 659. The second-order valence-electron chi connectivity index (χ2n) is 5.68. The summed E-state index contributed by atoms with van der Waals surface area (Å²) in [7, 11) is 3.50. The molecule has 1 atom stereocenters. The fourth-order valence-electron chi connectivity index (χ4n) is 2.92. The van der Waals surface area contributed by atoms with Crippen LogP contribution in [0.25, 0.3) is 0 Å². The predicted molar refractivity (Wildman–Crippen MR) is 80.2 cm³/mol. The molecule has 0 radical (unpaired) electrons. The number of fused-ring (bicyclic) bond motifs is 1. The first-order chi connectivity index (χ1) is 10.1. The van der Waals surface area contributed by atoms with Gasteiger partial charge in [-0.05, 0) is 37.0 Å². The van der Waals surface area contributed by atoms with Crippen LogP contribution in [0, 0.1) is 0 Å². The Labute approximate surface area is 123 Å². The van der Waals surface area contributed by atoms with Gasteiger partial charge in [0, 0.05) is 31.1 Å². The molecule has 0 fully saturated rings. The molecule has 0 bridgehead atoms. The molecule has 0 spiro atoms. The highest BCUT2D eigenvalue weighted by molar-refractivity contribution is 5.93. The fourth-order valence-corrected chi connectivity index (χ4v) is 2.92. The molecule has 5 heteroatoms. The SMILES string of the molecule is CN(C)C(=O)c1ccc(C2CCCc3c2noc3N)cc1. The van der Waals surface area contributed by atoms with Crippen molar-refractivity contribution in [3.63, 3.8) is 0 Å². The average Bonchev–Trinajstić information content (AvgIpc) is 2.88. The number of nitrogen functional groups attached to an aromatic ring is 1. The van der Waals surface area contributed by atoms with Crippen molar-refractivity contribution in [2.45, 2.75) is 25.2 Å². The number of benzene rings is 1. The summed E-state index contributed by atoms with van der Waals surface area (Å²) in [5.41, 5.74) is 9.66. The molecule has 0 saturated carbocycles. The molecule has 0 aliphatic heterocycles. The first kappa shape index (κ1) is 13.7. The van der Waals surface area contributed by atoms with Gasteiger partial charge in [-0.2, -0.15) is 0 Å². The number of hydrogen-bond donors (Lipinski definition) is 1. The molecule has 2 N–H and O–H groups in total. The lowest BCUT2D eigenvalue weighted by Gasteiger charge is -2.21. The summed E-state index contributed by atoms with van der Waals surface area (Å²) in [4.78, 5) is 13.5. The highest BCUT2D eigenvalue weighted by Gasteiger charge is 2.27. The molecule has 0 saturated heterocycles. The van der Waals surface area contributed by atoms with Crippen LogP contribution in [0.2, 0.25) is 0 Å². The Balaban J connectivity index is 1.90. The smallest absolute Gasteiger partial charge is 0.253 e. The van der Waals surface area contributed by atoms with Crippen LogP contribution in [0.4, 0.5) is 5.88 Å². The van der Waals surface area contributed by atoms with Crippen LogP contribution in [0.5, 0.6) is 0 Å². The summed E-state index contributed by atoms with van der Waals surface area (Å²) in [6.07, 6.45) is 3.03. The third-order valence-corrected chi connectivity index (χ3v) is 4.06. The van der Waals surface area contributed by atoms with Crippen LogP contribution >= 0.6 is 0 Å². The monoisotopic (exact) mass is 285 g/mol. The van der Waals surface area contributed by atoms with Gasteiger partial charge in [-0.1, -0.05) is 17.3 Å². The maximum absolute atomic E-state index is 11.9. The normalized spacial score (nSPS) is 17.3. The predicted octanol–water partition coefficient (Wildman–Crippen LogP) is 2.43. The van der Waals surface area contributed by atoms with Gasteiger partial charge in [-0.15, -0.1) is 0 Å². The summed E-state index contributed by atoms with van der Waals surface area (Å²) in [5, 5.41) is 4.12. The minimum absolute atomic E-state index is 0.0107. The molecule has 2 aromatic rings. The van der Waals surface area contributed by atoms with Crippen molar-refractivity contribution >= 4 is 11.8 Å². The summed E-state index contributed by atoms with van der Waals surface area (Å²) in [5.74, 6) is 0.656. The van der Waals surface area contributed by atoms with E-state index in [1.54, 1.807) is 19.0 Å². The molecule has 1 aromatic carbocycles. The number of anilines is 1. The second kappa shape index (κ2) is 5.24. The van der Waals surface area contributed by atoms with E-state index in [1.807, 2.05) is 24.3 Å². The topological polar surface area (TPSA) is 72.4 Å². The highest BCUT2D eigenvalue weighted by atomic mass is 16.5. The number of carbonyl (C=O) groups is 1. The Morgan fingerprint density at radius 2 is 2.05 bits per heavy atom. The number of rotatable bonds is 2. The van der Waals surface area contributed by atoms with Crippen molar-refractivity contribution in [3.05, 3.63) is 46.6 Å². The van der Waals surface area contributed by atoms with E-state index in [-0.39, 0.29) is 11.8 Å². The van der Waals surface area contributed by atoms with E-state index >= 15 is 0 Å². The zero-order chi connectivity index (χ0) is 15.0. The van der Waals surface area contributed by atoms with Crippen LogP contribution in [0.3, 0.4) is 0 Å². The molecule has 1 aliphatic rings. The quantitative estimate of drug-likeness (QED) is 0.919. The lowest BCUT2D eigenvalue weighted by atomic mass is 9.82. The van der Waals surface area contributed by atoms with Gasteiger partial charge < -0.3 is 15.2 Å². The molecule has 1 unspecified atom stereocenters. The fraction of sp³-hybridized carbons (Fsp3) is 0.375. The van der Waals surface area contributed by atoms with Crippen molar-refractivity contribution in [2.75, 3.05) is 19.8 Å². The number of nitrogens with two attached hydrogens (primary N) is 1. The van der Waals surface area contributed by atoms with Gasteiger partial charge in [-0.3, -0.25) is 4.79 Å². The van der Waals surface area contributed by atoms with E-state index in [2.05, 4.69) is 5.16 Å². The lowest BCUT2D eigenvalue weighted by Crippen LogP contribution is -2.21. The molecule has 5 nitrogen and oxygen atoms in total. The van der Waals surface area contributed by atoms with Gasteiger partial charge in [0.1, 0.15) is 0 Å². The third kappa shape index (κ3) is 2.39. The molecule has 1 heterocycles. The van der Waals surface area contributed by atoms with E-state index < -0.39 is 0 Å². The second-order valence-corrected chi connectivity index (χ2v) is 5.68. The van der Waals surface area contributed by atoms with Crippen molar-refractivity contribution in [2.24, 2.45) is 0 Å². The van der Waals surface area contributed by atoms with Crippen LogP contribution < -0.4 is 5.73 Å². The molecular formula is C16H19N3O2. The summed E-state index contributed by atoms with van der Waals surface area (Å²) in [6, 6.07) is 7.74. The summed E-state index contributed by atoms with van der Waals surface area (Å²) in [6.45, 7) is 0. The van der Waals surface area contributed by atoms with Crippen molar-refractivity contribution in [3.8, 4) is 0 Å². The maximum atomic E-state index is 11.9. The largest absolute Gasteiger partial charge is 0.367 e. The Hall–Kier alpha value is -2.30. The summed E-state index contributed by atoms with van der Waals surface area (Å²) >= 11 is 0. The average molecular weight is 285 g/mol. The van der Waals surface area contributed by atoms with Crippen LogP contribution in [0.1, 0.15) is 45.9 Å². The molecule has 21 heavy (non-hydrogen) atoms. The molecule has 1 amide bonds. The van der Waals surface area contributed by atoms with E-state index in [9.17, 15) is 4.79 Å². The number of aromatic nitrogens is 1. The number of amides is 1. The Morgan fingerprint density at radius 1 is 1.33 bits per heavy atom. The maximum Gasteiger partial charge on any atom is 0.253 e. The molecule has 1 aliphatic carbocycles. The molecule has 1 aromatic heterocycles. The van der Waals surface area contributed by atoms with Crippen LogP contribution in [-0.2, 0) is 6.42 Å². The van der Waals surface area contributed by atoms with Gasteiger partial charge in [0.15, 0.2) is 0 Å². The zero-order valence-corrected chi connectivity index (χ0v) is 12.3. The summed E-state index contributed by atoms with van der Waals surface area (Å²) < 4.78 is 5.13. The number of carbonyl (C=O) groups excluding carboxylic acids is 1. The van der Waals surface area contributed by atoms with E-state index in [0.717, 1.165) is 36.1 Å². The van der Waals surface area contributed by atoms with Gasteiger partial charge in [0.2, 0.25) is 5.88 Å². The molecule has 3 rings (SSSR count). The Kier molecular flexibility index (Phi) is 3.41. The van der Waals surface area contributed by atoms with Crippen LogP contribution in [-0.4, -0.2) is 30.1 Å². The highest BCUT2D eigenvalue weighted by Crippen LogP contribution is 2.38. The van der Waals surface area contributed by atoms with Crippen molar-refractivity contribution in [1.29, 1.82) is 0 Å². The standard InChI is InChI=1S/C16H19N3O2/c1-19(2)16(20)11-8-6-10(7-9-11)12-4-3-5-13-14(12)18-21-15(13)17/h6-9,12H,3-5,17H2,1-2H3. The van der Waals surface area contributed by atoms with Crippen molar-refractivity contribution < 1.29 is 9.32 Å². The Morgan fingerprint density at radius 3 is 2.71 bits per heavy atom. The van der Waals surface area contributed by atoms with E-state index in [4.69, 9.17) is 10.3 Å². The molecular weight excluding hydrogens is 266 g/mol. The third-order valence-electron chi connectivity index (χ3n) is 4.06. The van der Waals surface area contributed by atoms with E-state index in [1.165, 1.54) is 0 Å². The number of hydrogen-bond acceptors (Lipinski definition) is 4. The lowest BCUT2D eigenvalue weighted by molar-refractivity contribution is 0.0827. The minimum atomic E-state index is 0.0107. The molecule has 110 valence electrons. The zero-order valence-electron chi connectivity index (χ0n) is 12.3. The van der Waals surface area contributed by atoms with Crippen molar-refractivity contribution in [1.82, 2.24) is 10.1 Å². The first-order valence-electron chi connectivity index (χ1n) is 7.13. The van der Waals surface area contributed by atoms with Gasteiger partial charge in [-0.25, -0.2) is 0 Å². The van der Waals surface area contributed by atoms with Gasteiger partial charge in [0.25, 0.3) is 5.91 Å². The van der Waals surface area contributed by atoms with Gasteiger partial charge in [0.05, 0.1) is 5.69 Å². The minimum Gasteiger partial charge on any atom is -0.367 e. The van der Waals surface area contributed by atoms with Crippen LogP contribution in [0.15, 0.2) is 28.8 Å². The van der Waals surface area contributed by atoms with E-state index in [0.29, 0.717) is 11.4 Å². The number of nitrogens with zero attached hydrogens (tertiary/aromatic N) is 2.